The van der Waals surface area contributed by atoms with Crippen LogP contribution in [-0.2, 0) is 28.5 Å². The summed E-state index contributed by atoms with van der Waals surface area (Å²) in [7, 11) is 3.39. The predicted molar refractivity (Wildman–Crippen MR) is 84.0 cm³/mol. The number of nitrogens with zero attached hydrogens (tertiary/aromatic N) is 1. The number of hydrogen-bond acceptors (Lipinski definition) is 6. The fourth-order valence-corrected chi connectivity index (χ4v) is 2.75. The minimum Gasteiger partial charge on any atom is -0.466 e. The summed E-state index contributed by atoms with van der Waals surface area (Å²) < 4.78 is 21.8. The summed E-state index contributed by atoms with van der Waals surface area (Å²) in [6.45, 7) is 4.25. The molecule has 2 fully saturated rings. The van der Waals surface area contributed by atoms with Crippen LogP contribution in [0.4, 0.5) is 0 Å². The molecule has 0 bridgehead atoms. The second-order valence-corrected chi connectivity index (χ2v) is 5.92. The van der Waals surface area contributed by atoms with Gasteiger partial charge in [-0.3, -0.25) is 0 Å². The van der Waals surface area contributed by atoms with Crippen LogP contribution in [0.3, 0.4) is 0 Å². The molecule has 0 saturated carbocycles. The highest BCUT2D eigenvalue weighted by atomic mass is 35.5. The predicted octanol–water partition coefficient (Wildman–Crippen LogP) is 0.664. The van der Waals surface area contributed by atoms with Gasteiger partial charge in [-0.25, -0.2) is 9.59 Å². The van der Waals surface area contributed by atoms with Crippen LogP contribution in [0.25, 0.3) is 0 Å². The summed E-state index contributed by atoms with van der Waals surface area (Å²) in [5.41, 5.74) is 0. The maximum Gasteiger partial charge on any atom is 0.331 e. The van der Waals surface area contributed by atoms with E-state index in [9.17, 15) is 9.59 Å². The van der Waals surface area contributed by atoms with E-state index in [4.69, 9.17) is 14.2 Å². The van der Waals surface area contributed by atoms with Crippen molar-refractivity contribution in [2.24, 2.45) is 0 Å². The quantitative estimate of drug-likeness (QED) is 0.412. The van der Waals surface area contributed by atoms with E-state index in [0.717, 1.165) is 49.1 Å². The average molecular weight is 351 g/mol. The zero-order valence-corrected chi connectivity index (χ0v) is 14.4. The Bertz CT molecular complexity index is 437. The van der Waals surface area contributed by atoms with Crippen LogP contribution in [0.5, 0.6) is 0 Å². The van der Waals surface area contributed by atoms with Crippen molar-refractivity contribution in [1.82, 2.24) is 0 Å². The fraction of sp³-hybridized carbons (Fsp3) is 0.733. The lowest BCUT2D eigenvalue weighted by molar-refractivity contribution is -0.917. The lowest BCUT2D eigenvalue weighted by Crippen LogP contribution is -2.56. The molecular weight excluding hydrogens is 326 g/mol. The van der Waals surface area contributed by atoms with Crippen molar-refractivity contribution in [2.45, 2.75) is 18.6 Å². The molecule has 2 heterocycles. The van der Waals surface area contributed by atoms with Crippen molar-refractivity contribution in [2.75, 3.05) is 53.6 Å². The summed E-state index contributed by atoms with van der Waals surface area (Å²) in [5, 5.41) is 0. The first-order valence-corrected chi connectivity index (χ1v) is 7.51. The number of piperidine rings is 1. The number of carbonyl (C=O) groups is 2. The molecule has 2 aliphatic heterocycles. The van der Waals surface area contributed by atoms with E-state index in [-0.39, 0.29) is 18.2 Å². The van der Waals surface area contributed by atoms with Gasteiger partial charge in [0.1, 0.15) is 13.2 Å². The Labute approximate surface area is 142 Å². The molecule has 0 unspecified atom stereocenters. The van der Waals surface area contributed by atoms with Crippen LogP contribution in [0.1, 0.15) is 12.8 Å². The number of methoxy groups -OCH3 is 1. The summed E-state index contributed by atoms with van der Waals surface area (Å²) >= 11 is 0. The second kappa shape index (κ2) is 8.63. The lowest BCUT2D eigenvalue weighted by Gasteiger charge is -2.43. The number of quaternary nitrogens is 1. The maximum atomic E-state index is 11.4. The minimum absolute atomic E-state index is 0. The Morgan fingerprint density at radius 3 is 2.26 bits per heavy atom. The van der Waals surface area contributed by atoms with Gasteiger partial charge in [-0.15, -0.1) is 12.4 Å². The third kappa shape index (κ3) is 5.76. The maximum absolute atomic E-state index is 11.4. The molecule has 1 spiro atoms. The van der Waals surface area contributed by atoms with Crippen molar-refractivity contribution in [3.05, 3.63) is 12.2 Å². The van der Waals surface area contributed by atoms with E-state index in [1.165, 1.54) is 7.11 Å². The molecule has 0 atom stereocenters. The first-order chi connectivity index (χ1) is 10.5. The highest BCUT2D eigenvalue weighted by Gasteiger charge is 2.44. The molecule has 23 heavy (non-hydrogen) atoms. The monoisotopic (exact) mass is 350 g/mol. The molecule has 2 aliphatic rings. The van der Waals surface area contributed by atoms with Crippen LogP contribution in [-0.4, -0.2) is 75.8 Å². The van der Waals surface area contributed by atoms with Crippen molar-refractivity contribution in [3.8, 4) is 0 Å². The van der Waals surface area contributed by atoms with Gasteiger partial charge in [-0.1, -0.05) is 0 Å². The molecule has 7 nitrogen and oxygen atoms in total. The summed E-state index contributed by atoms with van der Waals surface area (Å²) in [4.78, 5) is 22.3. The number of halogens is 1. The highest BCUT2D eigenvalue weighted by Crippen LogP contribution is 2.33. The molecule has 0 N–H and O–H groups in total. The van der Waals surface area contributed by atoms with Crippen LogP contribution in [0.2, 0.25) is 0 Å². The molecule has 0 aromatic carbocycles. The second-order valence-electron chi connectivity index (χ2n) is 5.92. The summed E-state index contributed by atoms with van der Waals surface area (Å²) in [6.07, 6.45) is 3.86. The number of likely N-dealkylation sites (tertiary alicyclic amines) is 1. The molecule has 0 radical (unpaired) electrons. The van der Waals surface area contributed by atoms with Gasteiger partial charge in [0.15, 0.2) is 5.79 Å². The van der Waals surface area contributed by atoms with Crippen molar-refractivity contribution in [3.63, 3.8) is 0 Å². The Morgan fingerprint density at radius 2 is 1.70 bits per heavy atom. The van der Waals surface area contributed by atoms with Crippen LogP contribution in [0.15, 0.2) is 12.2 Å². The molecular formula is C15H25ClNO6+. The molecule has 0 aliphatic carbocycles. The smallest absolute Gasteiger partial charge is 0.331 e. The van der Waals surface area contributed by atoms with Crippen LogP contribution in [0, 0.1) is 0 Å². The Hall–Kier alpha value is -1.15. The normalized spacial score (nSPS) is 21.8. The number of carbonyl (C=O) groups excluding carboxylic acids is 2. The van der Waals surface area contributed by atoms with E-state index >= 15 is 0 Å². The average Bonchev–Trinajstić information content (AvgIpc) is 2.97. The first kappa shape index (κ1) is 19.9. The van der Waals surface area contributed by atoms with Gasteiger partial charge in [0.25, 0.3) is 0 Å². The lowest BCUT2D eigenvalue weighted by atomic mass is 10.0. The van der Waals surface area contributed by atoms with Gasteiger partial charge < -0.3 is 23.4 Å². The zero-order chi connectivity index (χ0) is 16.1. The third-order valence-electron chi connectivity index (χ3n) is 4.31. The van der Waals surface area contributed by atoms with E-state index in [1.54, 1.807) is 0 Å². The first-order valence-electron chi connectivity index (χ1n) is 7.51. The summed E-state index contributed by atoms with van der Waals surface area (Å²) in [5.74, 6) is -1.49. The molecule has 0 aromatic rings. The minimum atomic E-state index is -0.575. The topological polar surface area (TPSA) is 71.1 Å². The van der Waals surface area contributed by atoms with Gasteiger partial charge >= 0.3 is 11.9 Å². The molecule has 132 valence electrons. The van der Waals surface area contributed by atoms with E-state index in [2.05, 4.69) is 11.8 Å². The van der Waals surface area contributed by atoms with Gasteiger partial charge in [-0.05, 0) is 0 Å². The van der Waals surface area contributed by atoms with E-state index in [0.29, 0.717) is 19.8 Å². The highest BCUT2D eigenvalue weighted by molar-refractivity contribution is 5.91. The van der Waals surface area contributed by atoms with Gasteiger partial charge in [0.05, 0.1) is 53.3 Å². The van der Waals surface area contributed by atoms with Crippen LogP contribution < -0.4 is 0 Å². The Kier molecular flexibility index (Phi) is 7.47. The van der Waals surface area contributed by atoms with Gasteiger partial charge in [0, 0.05) is 12.2 Å². The van der Waals surface area contributed by atoms with Crippen molar-refractivity contribution < 1.29 is 33.0 Å². The molecule has 2 saturated heterocycles. The standard InChI is InChI=1S/C15H24NO6.ClH/c1-16(7-5-15(6-8-16)21-11-12-22-15)9-10-20-14(18)4-3-13(17)19-2;/h3-4H,5-12H2,1-2H3;1H/q+1;/b4-3+;. The number of esters is 2. The van der Waals surface area contributed by atoms with Gasteiger partial charge in [0.2, 0.25) is 0 Å². The van der Waals surface area contributed by atoms with Crippen molar-refractivity contribution in [1.29, 1.82) is 0 Å². The number of hydrogen-bond donors (Lipinski definition) is 0. The zero-order valence-electron chi connectivity index (χ0n) is 13.6. The largest absolute Gasteiger partial charge is 0.466 e. The van der Waals surface area contributed by atoms with E-state index in [1.807, 2.05) is 0 Å². The third-order valence-corrected chi connectivity index (χ3v) is 4.31. The number of ether oxygens (including phenoxy) is 4. The Morgan fingerprint density at radius 1 is 1.13 bits per heavy atom. The SMILES string of the molecule is COC(=O)/C=C/C(=O)OCC[N+]1(C)CCC2(CC1)OCCO2.Cl. The molecule has 0 amide bonds. The molecule has 0 aromatic heterocycles. The summed E-state index contributed by atoms with van der Waals surface area (Å²) in [6, 6.07) is 0. The van der Waals surface area contributed by atoms with Crippen LogP contribution >= 0.6 is 12.4 Å². The fourth-order valence-electron chi connectivity index (χ4n) is 2.75. The molecule has 2 rings (SSSR count). The number of rotatable bonds is 5. The number of likely N-dealkylation sites (N-methyl/N-ethyl adjacent to an activating group) is 1. The van der Waals surface area contributed by atoms with Crippen molar-refractivity contribution >= 4 is 24.3 Å². The van der Waals surface area contributed by atoms with Gasteiger partial charge in [-0.2, -0.15) is 0 Å². The Balaban J connectivity index is 0.00000264. The molecule has 8 heteroatoms. The van der Waals surface area contributed by atoms with E-state index < -0.39 is 11.9 Å².